The predicted molar refractivity (Wildman–Crippen MR) is 78.8 cm³/mol. The van der Waals surface area contributed by atoms with Crippen molar-refractivity contribution >= 4 is 23.9 Å². The zero-order valence-electron chi connectivity index (χ0n) is 13.8. The van der Waals surface area contributed by atoms with E-state index in [4.69, 9.17) is 18.9 Å². The first-order valence-electron chi connectivity index (χ1n) is 7.36. The SMILES string of the molecule is CN1CC(=O)OCCOC(=O)CN(C)CC(=O)OCCOC(=O)C1. The highest BCUT2D eigenvalue weighted by atomic mass is 16.6. The molecule has 10 nitrogen and oxygen atoms in total. The number of carbonyl (C=O) groups is 4. The molecule has 1 rings (SSSR count). The molecule has 0 aromatic rings. The van der Waals surface area contributed by atoms with Crippen molar-refractivity contribution in [3.05, 3.63) is 0 Å². The van der Waals surface area contributed by atoms with Gasteiger partial charge in [-0.15, -0.1) is 0 Å². The smallest absolute Gasteiger partial charge is 0.320 e. The quantitative estimate of drug-likeness (QED) is 0.362. The highest BCUT2D eigenvalue weighted by Crippen LogP contribution is 1.93. The standard InChI is InChI=1S/C14H22N2O8/c1-15-7-11(17)21-3-5-23-13(19)9-16(2)10-14(20)24-6-4-22-12(18)8-15/h3-10H2,1-2H3. The van der Waals surface area contributed by atoms with Crippen LogP contribution in [0.5, 0.6) is 0 Å². The Hall–Kier alpha value is -2.20. The summed E-state index contributed by atoms with van der Waals surface area (Å²) in [4.78, 5) is 49.0. The third-order valence-electron chi connectivity index (χ3n) is 2.81. The number of carbonyl (C=O) groups excluding carboxylic acids is 4. The van der Waals surface area contributed by atoms with Crippen LogP contribution in [0.1, 0.15) is 0 Å². The van der Waals surface area contributed by atoms with Crippen molar-refractivity contribution in [3.8, 4) is 0 Å². The van der Waals surface area contributed by atoms with Gasteiger partial charge in [0.2, 0.25) is 0 Å². The monoisotopic (exact) mass is 346 g/mol. The van der Waals surface area contributed by atoms with Crippen LogP contribution in [0.15, 0.2) is 0 Å². The molecule has 0 N–H and O–H groups in total. The first-order valence-corrected chi connectivity index (χ1v) is 7.36. The van der Waals surface area contributed by atoms with Gasteiger partial charge in [-0.05, 0) is 14.1 Å². The fourth-order valence-corrected chi connectivity index (χ4v) is 1.80. The Morgan fingerprint density at radius 1 is 0.542 bits per heavy atom. The lowest BCUT2D eigenvalue weighted by atomic mass is 10.5. The van der Waals surface area contributed by atoms with Crippen LogP contribution in [-0.4, -0.2) is 100 Å². The predicted octanol–water partition coefficient (Wildman–Crippen LogP) is -1.96. The van der Waals surface area contributed by atoms with Gasteiger partial charge in [0.15, 0.2) is 0 Å². The van der Waals surface area contributed by atoms with Gasteiger partial charge >= 0.3 is 23.9 Å². The summed E-state index contributed by atoms with van der Waals surface area (Å²) in [5.41, 5.74) is 0. The minimum absolute atomic E-state index is 0.0887. The van der Waals surface area contributed by atoms with E-state index in [-0.39, 0.29) is 52.6 Å². The zero-order valence-corrected chi connectivity index (χ0v) is 13.8. The van der Waals surface area contributed by atoms with Gasteiger partial charge in [-0.3, -0.25) is 29.0 Å². The van der Waals surface area contributed by atoms with Gasteiger partial charge in [-0.1, -0.05) is 0 Å². The molecule has 1 aliphatic rings. The molecule has 136 valence electrons. The number of nitrogens with zero attached hydrogens (tertiary/aromatic N) is 2. The summed E-state index contributed by atoms with van der Waals surface area (Å²) in [6, 6.07) is 0. The third kappa shape index (κ3) is 9.06. The van der Waals surface area contributed by atoms with Gasteiger partial charge in [0.05, 0.1) is 26.2 Å². The molecular weight excluding hydrogens is 324 g/mol. The van der Waals surface area contributed by atoms with E-state index >= 15 is 0 Å². The molecule has 1 aliphatic heterocycles. The van der Waals surface area contributed by atoms with Crippen molar-refractivity contribution < 1.29 is 38.1 Å². The van der Waals surface area contributed by atoms with Crippen molar-refractivity contribution in [2.45, 2.75) is 0 Å². The molecule has 10 heteroatoms. The first-order chi connectivity index (χ1) is 11.4. The molecule has 1 heterocycles. The fourth-order valence-electron chi connectivity index (χ4n) is 1.80. The van der Waals surface area contributed by atoms with E-state index in [1.807, 2.05) is 0 Å². The Morgan fingerprint density at radius 2 is 0.750 bits per heavy atom. The van der Waals surface area contributed by atoms with Gasteiger partial charge < -0.3 is 18.9 Å². The topological polar surface area (TPSA) is 112 Å². The van der Waals surface area contributed by atoms with Crippen LogP contribution in [0, 0.1) is 0 Å². The Morgan fingerprint density at radius 3 is 0.958 bits per heavy atom. The van der Waals surface area contributed by atoms with Crippen LogP contribution in [0.4, 0.5) is 0 Å². The summed E-state index contributed by atoms with van der Waals surface area (Å²) in [5.74, 6) is -2.19. The fraction of sp³-hybridized carbons (Fsp3) is 0.714. The van der Waals surface area contributed by atoms with Gasteiger partial charge in [0.25, 0.3) is 0 Å². The average molecular weight is 346 g/mol. The van der Waals surface area contributed by atoms with Crippen LogP contribution in [0.25, 0.3) is 0 Å². The minimum atomic E-state index is -0.548. The van der Waals surface area contributed by atoms with Crippen molar-refractivity contribution in [3.63, 3.8) is 0 Å². The lowest BCUT2D eigenvalue weighted by Crippen LogP contribution is -2.35. The van der Waals surface area contributed by atoms with E-state index in [1.54, 1.807) is 14.1 Å². The third-order valence-corrected chi connectivity index (χ3v) is 2.81. The van der Waals surface area contributed by atoms with Crippen molar-refractivity contribution in [2.24, 2.45) is 0 Å². The highest BCUT2D eigenvalue weighted by molar-refractivity contribution is 5.76. The number of likely N-dealkylation sites (N-methyl/N-ethyl adjacent to an activating group) is 2. The van der Waals surface area contributed by atoms with Crippen molar-refractivity contribution in [2.75, 3.05) is 66.7 Å². The number of esters is 4. The second-order valence-corrected chi connectivity index (χ2v) is 5.23. The summed E-state index contributed by atoms with van der Waals surface area (Å²) in [7, 11) is 3.10. The van der Waals surface area contributed by atoms with E-state index < -0.39 is 23.9 Å². The lowest BCUT2D eigenvalue weighted by molar-refractivity contribution is -0.157. The molecule has 24 heavy (non-hydrogen) atoms. The molecule has 0 aromatic carbocycles. The molecule has 0 atom stereocenters. The summed E-state index contributed by atoms with van der Waals surface area (Å²) in [6.45, 7) is -0.796. The second-order valence-electron chi connectivity index (χ2n) is 5.23. The number of rotatable bonds is 0. The number of ether oxygens (including phenoxy) is 4. The van der Waals surface area contributed by atoms with Crippen molar-refractivity contribution in [1.82, 2.24) is 9.80 Å². The van der Waals surface area contributed by atoms with Crippen molar-refractivity contribution in [1.29, 1.82) is 0 Å². The second kappa shape index (κ2) is 10.6. The molecule has 0 radical (unpaired) electrons. The molecule has 0 amide bonds. The van der Waals surface area contributed by atoms with Gasteiger partial charge in [-0.25, -0.2) is 0 Å². The lowest BCUT2D eigenvalue weighted by Gasteiger charge is -2.17. The van der Waals surface area contributed by atoms with E-state index in [0.29, 0.717) is 0 Å². The van der Waals surface area contributed by atoms with Gasteiger partial charge in [0, 0.05) is 0 Å². The van der Waals surface area contributed by atoms with Crippen LogP contribution in [0.2, 0.25) is 0 Å². The Kier molecular flexibility index (Phi) is 8.72. The number of cyclic esters (lactones) is 4. The Labute approximate surface area is 139 Å². The molecule has 1 fully saturated rings. The maximum Gasteiger partial charge on any atom is 0.320 e. The molecule has 1 saturated heterocycles. The molecule has 0 unspecified atom stereocenters. The van der Waals surface area contributed by atoms with E-state index in [1.165, 1.54) is 9.80 Å². The normalized spacial score (nSPS) is 21.8. The van der Waals surface area contributed by atoms with E-state index in [0.717, 1.165) is 0 Å². The maximum absolute atomic E-state index is 11.5. The number of hydrogen-bond donors (Lipinski definition) is 0. The van der Waals surface area contributed by atoms with E-state index in [9.17, 15) is 19.2 Å². The first kappa shape index (κ1) is 19.8. The molecule has 0 aliphatic carbocycles. The van der Waals surface area contributed by atoms with E-state index in [2.05, 4.69) is 0 Å². The minimum Gasteiger partial charge on any atom is -0.461 e. The molecule has 0 bridgehead atoms. The maximum atomic E-state index is 11.5. The highest BCUT2D eigenvalue weighted by Gasteiger charge is 2.15. The largest absolute Gasteiger partial charge is 0.461 e. The van der Waals surface area contributed by atoms with Crippen LogP contribution in [-0.2, 0) is 38.1 Å². The zero-order chi connectivity index (χ0) is 17.9. The summed E-state index contributed by atoms with van der Waals surface area (Å²) in [6.07, 6.45) is 0. The Bertz CT molecular complexity index is 386. The van der Waals surface area contributed by atoms with Crippen LogP contribution in [0.3, 0.4) is 0 Å². The van der Waals surface area contributed by atoms with Crippen LogP contribution >= 0.6 is 0 Å². The summed E-state index contributed by atoms with van der Waals surface area (Å²) < 4.78 is 19.6. The van der Waals surface area contributed by atoms with Crippen LogP contribution < -0.4 is 0 Å². The van der Waals surface area contributed by atoms with Gasteiger partial charge in [-0.2, -0.15) is 0 Å². The Balaban J connectivity index is 2.53. The molecule has 0 saturated carbocycles. The molecular formula is C14H22N2O8. The van der Waals surface area contributed by atoms with Gasteiger partial charge in [0.1, 0.15) is 26.4 Å². The molecule has 0 spiro atoms. The summed E-state index contributed by atoms with van der Waals surface area (Å²) >= 11 is 0. The molecule has 0 aromatic heterocycles. The average Bonchev–Trinajstić information content (AvgIpc) is 2.46. The summed E-state index contributed by atoms with van der Waals surface area (Å²) in [5, 5.41) is 0. The number of hydrogen-bond acceptors (Lipinski definition) is 10.